The molecule has 0 aromatic heterocycles. The fraction of sp³-hybridized carbons (Fsp3) is 0.290. The number of amidine groups is 1. The van der Waals surface area contributed by atoms with Crippen molar-refractivity contribution in [1.29, 1.82) is 0 Å². The van der Waals surface area contributed by atoms with Crippen molar-refractivity contribution in [2.75, 3.05) is 38.2 Å². The van der Waals surface area contributed by atoms with Crippen molar-refractivity contribution in [3.05, 3.63) is 93.4 Å². The number of piperazine rings is 1. The summed E-state index contributed by atoms with van der Waals surface area (Å²) in [6.07, 6.45) is -8.30. The van der Waals surface area contributed by atoms with Gasteiger partial charge >= 0.3 is 12.4 Å². The lowest BCUT2D eigenvalue weighted by Gasteiger charge is -2.36. The SMILES string of the molecule is COc1cc(/C=C2/SC(N3CCN(c4cccc(C)c4)CC3)=NC2=O)ccc1OCc1ccc(C(F)(F)F)cc1C(F)(F)F. The van der Waals surface area contributed by atoms with Crippen molar-refractivity contribution in [2.45, 2.75) is 25.9 Å². The number of aliphatic imine (C=N–C) groups is 1. The summed E-state index contributed by atoms with van der Waals surface area (Å²) in [6, 6.07) is 14.3. The highest BCUT2D eigenvalue weighted by Gasteiger charge is 2.38. The number of aryl methyl sites for hydroxylation is 1. The Kier molecular flexibility index (Phi) is 8.87. The lowest BCUT2D eigenvalue weighted by molar-refractivity contribution is -0.143. The van der Waals surface area contributed by atoms with E-state index >= 15 is 0 Å². The minimum atomic E-state index is -5.01. The minimum absolute atomic E-state index is 0.0713. The molecule has 1 saturated heterocycles. The quantitative estimate of drug-likeness (QED) is 0.208. The highest BCUT2D eigenvalue weighted by atomic mass is 32.2. The van der Waals surface area contributed by atoms with Gasteiger partial charge in [0, 0.05) is 37.4 Å². The average molecular weight is 636 g/mol. The van der Waals surface area contributed by atoms with Crippen LogP contribution in [0.25, 0.3) is 6.08 Å². The van der Waals surface area contributed by atoms with E-state index in [9.17, 15) is 31.1 Å². The fourth-order valence-electron chi connectivity index (χ4n) is 4.86. The molecule has 0 radical (unpaired) electrons. The van der Waals surface area contributed by atoms with Crippen LogP contribution in [0, 0.1) is 6.92 Å². The molecule has 3 aromatic rings. The lowest BCUT2D eigenvalue weighted by Crippen LogP contribution is -2.47. The zero-order valence-electron chi connectivity index (χ0n) is 23.6. The first-order chi connectivity index (χ1) is 20.8. The van der Waals surface area contributed by atoms with Gasteiger partial charge in [-0.05, 0) is 72.3 Å². The average Bonchev–Trinajstić information content (AvgIpc) is 3.35. The largest absolute Gasteiger partial charge is 0.493 e. The predicted octanol–water partition coefficient (Wildman–Crippen LogP) is 7.41. The predicted molar refractivity (Wildman–Crippen MR) is 157 cm³/mol. The Hall–Kier alpha value is -4.13. The normalized spacial score (nSPS) is 16.9. The zero-order valence-corrected chi connectivity index (χ0v) is 24.4. The summed E-state index contributed by atoms with van der Waals surface area (Å²) in [5.74, 6) is -0.132. The van der Waals surface area contributed by atoms with Crippen molar-refractivity contribution in [3.8, 4) is 11.5 Å². The van der Waals surface area contributed by atoms with Gasteiger partial charge in [-0.3, -0.25) is 4.79 Å². The summed E-state index contributed by atoms with van der Waals surface area (Å²) < 4.78 is 90.4. The molecular formula is C31H27F6N3O3S. The summed E-state index contributed by atoms with van der Waals surface area (Å²) >= 11 is 1.26. The molecule has 1 fully saturated rings. The van der Waals surface area contributed by atoms with E-state index in [0.29, 0.717) is 34.8 Å². The van der Waals surface area contributed by atoms with Crippen LogP contribution in [-0.2, 0) is 23.8 Å². The number of hydrogen-bond donors (Lipinski definition) is 0. The molecule has 3 aromatic carbocycles. The second-order valence-electron chi connectivity index (χ2n) is 10.2. The van der Waals surface area contributed by atoms with Gasteiger partial charge in [0.15, 0.2) is 16.7 Å². The third-order valence-corrected chi connectivity index (χ3v) is 8.18. The highest BCUT2D eigenvalue weighted by molar-refractivity contribution is 8.18. The van der Waals surface area contributed by atoms with Crippen LogP contribution in [-0.4, -0.2) is 49.3 Å². The van der Waals surface area contributed by atoms with Crippen molar-refractivity contribution >= 4 is 34.6 Å². The first-order valence-corrected chi connectivity index (χ1v) is 14.3. The number of amides is 1. The molecule has 0 spiro atoms. The van der Waals surface area contributed by atoms with Crippen LogP contribution < -0.4 is 14.4 Å². The molecule has 0 atom stereocenters. The number of hydrogen-bond acceptors (Lipinski definition) is 6. The van der Waals surface area contributed by atoms with E-state index in [1.807, 2.05) is 6.07 Å². The van der Waals surface area contributed by atoms with E-state index in [0.717, 1.165) is 24.8 Å². The first-order valence-electron chi connectivity index (χ1n) is 13.5. The van der Waals surface area contributed by atoms with Gasteiger partial charge in [0.25, 0.3) is 5.91 Å². The van der Waals surface area contributed by atoms with Gasteiger partial charge in [-0.1, -0.05) is 24.3 Å². The number of carbonyl (C=O) groups excluding carboxylic acids is 1. The van der Waals surface area contributed by atoms with Gasteiger partial charge in [0.05, 0.1) is 23.1 Å². The van der Waals surface area contributed by atoms with E-state index in [2.05, 4.69) is 39.9 Å². The topological polar surface area (TPSA) is 54.4 Å². The first kappa shape index (κ1) is 31.3. The van der Waals surface area contributed by atoms with Crippen LogP contribution in [0.5, 0.6) is 11.5 Å². The molecule has 2 heterocycles. The second kappa shape index (κ2) is 12.5. The Morgan fingerprint density at radius 3 is 2.27 bits per heavy atom. The molecule has 2 aliphatic rings. The number of nitrogens with zero attached hydrogens (tertiary/aromatic N) is 3. The number of ether oxygens (including phenoxy) is 2. The Labute approximate surface area is 254 Å². The molecule has 0 bridgehead atoms. The van der Waals surface area contributed by atoms with Gasteiger partial charge in [-0.15, -0.1) is 0 Å². The van der Waals surface area contributed by atoms with E-state index in [-0.39, 0.29) is 23.5 Å². The number of carbonyl (C=O) groups is 1. The maximum atomic E-state index is 13.5. The highest BCUT2D eigenvalue weighted by Crippen LogP contribution is 2.39. The molecular weight excluding hydrogens is 608 g/mol. The Morgan fingerprint density at radius 2 is 1.61 bits per heavy atom. The molecule has 0 saturated carbocycles. The van der Waals surface area contributed by atoms with Crippen LogP contribution in [0.15, 0.2) is 70.6 Å². The van der Waals surface area contributed by atoms with E-state index in [1.54, 1.807) is 18.2 Å². The third-order valence-electron chi connectivity index (χ3n) is 7.14. The maximum absolute atomic E-state index is 13.5. The molecule has 0 N–H and O–H groups in total. The van der Waals surface area contributed by atoms with E-state index in [1.165, 1.54) is 30.5 Å². The van der Waals surface area contributed by atoms with Gasteiger partial charge in [-0.2, -0.15) is 31.3 Å². The Morgan fingerprint density at radius 1 is 0.886 bits per heavy atom. The molecule has 0 aliphatic carbocycles. The molecule has 1 amide bonds. The lowest BCUT2D eigenvalue weighted by atomic mass is 10.0. The van der Waals surface area contributed by atoms with Crippen molar-refractivity contribution < 1.29 is 40.6 Å². The molecule has 0 unspecified atom stereocenters. The summed E-state index contributed by atoms with van der Waals surface area (Å²) in [4.78, 5) is 21.7. The summed E-state index contributed by atoms with van der Waals surface area (Å²) in [5, 5.41) is 0.620. The fourth-order valence-corrected chi connectivity index (χ4v) is 5.82. The molecule has 13 heteroatoms. The summed E-state index contributed by atoms with van der Waals surface area (Å²) in [5.41, 5.74) is -0.389. The number of methoxy groups -OCH3 is 1. The van der Waals surface area contributed by atoms with Crippen LogP contribution in [0.1, 0.15) is 27.8 Å². The summed E-state index contributed by atoms with van der Waals surface area (Å²) in [6.45, 7) is 4.38. The number of rotatable bonds is 6. The minimum Gasteiger partial charge on any atom is -0.493 e. The number of thioether (sulfide) groups is 1. The molecule has 5 rings (SSSR count). The molecule has 44 heavy (non-hydrogen) atoms. The molecule has 6 nitrogen and oxygen atoms in total. The van der Waals surface area contributed by atoms with Crippen molar-refractivity contribution in [3.63, 3.8) is 0 Å². The van der Waals surface area contributed by atoms with E-state index < -0.39 is 35.6 Å². The van der Waals surface area contributed by atoms with Gasteiger partial charge in [0.2, 0.25) is 0 Å². The number of halogens is 6. The smallest absolute Gasteiger partial charge is 0.416 e. The Balaban J connectivity index is 1.24. The van der Waals surface area contributed by atoms with Crippen LogP contribution in [0.3, 0.4) is 0 Å². The van der Waals surface area contributed by atoms with E-state index in [4.69, 9.17) is 9.47 Å². The van der Waals surface area contributed by atoms with Gasteiger partial charge < -0.3 is 19.3 Å². The molecule has 2 aliphatic heterocycles. The van der Waals surface area contributed by atoms with Crippen molar-refractivity contribution in [2.24, 2.45) is 4.99 Å². The second-order valence-corrected chi connectivity index (χ2v) is 11.2. The summed E-state index contributed by atoms with van der Waals surface area (Å²) in [7, 11) is 1.34. The third kappa shape index (κ3) is 7.15. The van der Waals surface area contributed by atoms with Gasteiger partial charge in [0.1, 0.15) is 6.61 Å². The maximum Gasteiger partial charge on any atom is 0.416 e. The monoisotopic (exact) mass is 635 g/mol. The zero-order chi connectivity index (χ0) is 31.6. The van der Waals surface area contributed by atoms with Crippen LogP contribution >= 0.6 is 11.8 Å². The standard InChI is InChI=1S/C31H27F6N3O3S/c1-19-4-3-5-23(14-19)39-10-12-40(13-11-39)29-38-28(41)27(44-29)16-20-6-9-25(26(15-20)42-2)43-18-21-7-8-22(30(32,33)34)17-24(21)31(35,36)37/h3-9,14-17H,10-13,18H2,1-2H3/b27-16+. The van der Waals surface area contributed by atoms with Crippen LogP contribution in [0.4, 0.5) is 32.0 Å². The van der Waals surface area contributed by atoms with Crippen LogP contribution in [0.2, 0.25) is 0 Å². The van der Waals surface area contributed by atoms with Crippen molar-refractivity contribution in [1.82, 2.24) is 4.90 Å². The van der Waals surface area contributed by atoms with Gasteiger partial charge in [-0.25, -0.2) is 0 Å². The number of benzene rings is 3. The number of alkyl halides is 6. The molecule has 232 valence electrons. The Bertz CT molecular complexity index is 1610. The number of anilines is 1.